The topological polar surface area (TPSA) is 79.8 Å². The van der Waals surface area contributed by atoms with Crippen LogP contribution in [0.25, 0.3) is 0 Å². The summed E-state index contributed by atoms with van der Waals surface area (Å²) < 4.78 is 28.2. The van der Waals surface area contributed by atoms with Crippen LogP contribution in [-0.4, -0.2) is 59.2 Å². The molecule has 118 valence electrons. The second-order valence-electron chi connectivity index (χ2n) is 5.03. The monoisotopic (exact) mass is 305 g/mol. The fraction of sp³-hybridized carbons (Fsp3) is 0.923. The number of nitrogens with one attached hydrogen (secondary N) is 2. The minimum atomic E-state index is -2.92. The van der Waals surface area contributed by atoms with E-state index in [1.54, 1.807) is 14.0 Å². The van der Waals surface area contributed by atoms with Crippen LogP contribution < -0.4 is 10.6 Å². The summed E-state index contributed by atoms with van der Waals surface area (Å²) in [6.45, 7) is 4.45. The van der Waals surface area contributed by atoms with Gasteiger partial charge in [0.1, 0.15) is 0 Å². The van der Waals surface area contributed by atoms with Crippen LogP contribution in [0.3, 0.4) is 0 Å². The van der Waals surface area contributed by atoms with Crippen LogP contribution in [0.15, 0.2) is 4.99 Å². The van der Waals surface area contributed by atoms with E-state index in [0.29, 0.717) is 12.5 Å². The first-order valence-corrected chi connectivity index (χ1v) is 9.12. The van der Waals surface area contributed by atoms with E-state index in [-0.39, 0.29) is 11.5 Å². The SMILES string of the molecule is CCS(=O)(=O)CCNC(=NC)NCCCOCC1CC1. The second kappa shape index (κ2) is 9.18. The summed E-state index contributed by atoms with van der Waals surface area (Å²) >= 11 is 0. The molecule has 0 bridgehead atoms. The van der Waals surface area contributed by atoms with Gasteiger partial charge in [0.25, 0.3) is 0 Å². The van der Waals surface area contributed by atoms with E-state index in [2.05, 4.69) is 15.6 Å². The van der Waals surface area contributed by atoms with Crippen molar-refractivity contribution < 1.29 is 13.2 Å². The van der Waals surface area contributed by atoms with Gasteiger partial charge < -0.3 is 15.4 Å². The number of aliphatic imine (C=N–C) groups is 1. The molecule has 0 aromatic carbocycles. The highest BCUT2D eigenvalue weighted by Gasteiger charge is 2.20. The third-order valence-electron chi connectivity index (χ3n) is 3.18. The van der Waals surface area contributed by atoms with Gasteiger partial charge >= 0.3 is 0 Å². The average Bonchev–Trinajstić information content (AvgIpc) is 3.24. The number of hydrogen-bond donors (Lipinski definition) is 2. The predicted octanol–water partition coefficient (Wildman–Crippen LogP) is 0.403. The van der Waals surface area contributed by atoms with Crippen LogP contribution >= 0.6 is 0 Å². The van der Waals surface area contributed by atoms with Gasteiger partial charge in [0.15, 0.2) is 15.8 Å². The molecule has 1 fully saturated rings. The van der Waals surface area contributed by atoms with Gasteiger partial charge in [-0.2, -0.15) is 0 Å². The van der Waals surface area contributed by atoms with Crippen LogP contribution in [0.1, 0.15) is 26.2 Å². The Morgan fingerprint density at radius 3 is 2.60 bits per heavy atom. The summed E-state index contributed by atoms with van der Waals surface area (Å²) in [5, 5.41) is 6.14. The number of nitrogens with zero attached hydrogens (tertiary/aromatic N) is 1. The van der Waals surface area contributed by atoms with Gasteiger partial charge in [-0.15, -0.1) is 0 Å². The van der Waals surface area contributed by atoms with Crippen molar-refractivity contribution in [2.75, 3.05) is 44.9 Å². The van der Waals surface area contributed by atoms with Crippen LogP contribution in [-0.2, 0) is 14.6 Å². The van der Waals surface area contributed by atoms with E-state index < -0.39 is 9.84 Å². The van der Waals surface area contributed by atoms with Gasteiger partial charge in [0, 0.05) is 39.1 Å². The molecule has 0 saturated heterocycles. The molecule has 1 saturated carbocycles. The van der Waals surface area contributed by atoms with Crippen molar-refractivity contribution in [3.63, 3.8) is 0 Å². The van der Waals surface area contributed by atoms with E-state index in [4.69, 9.17) is 4.74 Å². The smallest absolute Gasteiger partial charge is 0.191 e. The summed E-state index contributed by atoms with van der Waals surface area (Å²) in [4.78, 5) is 4.05. The molecular formula is C13H27N3O3S. The highest BCUT2D eigenvalue weighted by atomic mass is 32.2. The maximum absolute atomic E-state index is 11.3. The summed E-state index contributed by atoms with van der Waals surface area (Å²) in [6, 6.07) is 0. The average molecular weight is 305 g/mol. The van der Waals surface area contributed by atoms with Gasteiger partial charge in [0.2, 0.25) is 0 Å². The molecule has 0 aromatic heterocycles. The Balaban J connectivity index is 2.01. The number of hydrogen-bond acceptors (Lipinski definition) is 4. The first-order valence-electron chi connectivity index (χ1n) is 7.30. The molecule has 0 spiro atoms. The fourth-order valence-electron chi connectivity index (χ4n) is 1.61. The van der Waals surface area contributed by atoms with Gasteiger partial charge in [0.05, 0.1) is 5.75 Å². The molecule has 0 aromatic rings. The number of rotatable bonds is 10. The molecule has 0 atom stereocenters. The molecule has 0 heterocycles. The van der Waals surface area contributed by atoms with Crippen molar-refractivity contribution in [3.05, 3.63) is 0 Å². The van der Waals surface area contributed by atoms with E-state index in [0.717, 1.165) is 32.1 Å². The van der Waals surface area contributed by atoms with E-state index in [1.165, 1.54) is 12.8 Å². The Morgan fingerprint density at radius 1 is 1.30 bits per heavy atom. The fourth-order valence-corrected chi connectivity index (χ4v) is 2.31. The summed E-state index contributed by atoms with van der Waals surface area (Å²) in [7, 11) is -1.25. The first kappa shape index (κ1) is 17.2. The molecule has 0 aliphatic heterocycles. The number of sulfone groups is 1. The molecule has 0 amide bonds. The largest absolute Gasteiger partial charge is 0.381 e. The Labute approximate surface area is 122 Å². The zero-order chi connectivity index (χ0) is 14.8. The lowest BCUT2D eigenvalue weighted by Gasteiger charge is -2.11. The number of guanidine groups is 1. The Hall–Kier alpha value is -0.820. The summed E-state index contributed by atoms with van der Waals surface area (Å²) in [5.74, 6) is 1.75. The van der Waals surface area contributed by atoms with E-state index >= 15 is 0 Å². The van der Waals surface area contributed by atoms with Gasteiger partial charge in [-0.25, -0.2) is 8.42 Å². The molecule has 0 unspecified atom stereocenters. The standard InChI is InChI=1S/C13H27N3O3S/c1-3-20(17,18)10-8-16-13(14-2)15-7-4-9-19-11-12-5-6-12/h12H,3-11H2,1-2H3,(H2,14,15,16). The molecule has 20 heavy (non-hydrogen) atoms. The van der Waals surface area contributed by atoms with Gasteiger partial charge in [-0.05, 0) is 25.2 Å². The van der Waals surface area contributed by atoms with Crippen LogP contribution in [0.2, 0.25) is 0 Å². The van der Waals surface area contributed by atoms with Crippen molar-refractivity contribution in [2.24, 2.45) is 10.9 Å². The second-order valence-corrected chi connectivity index (χ2v) is 7.51. The lowest BCUT2D eigenvalue weighted by molar-refractivity contribution is 0.123. The summed E-state index contributed by atoms with van der Waals surface area (Å²) in [5.41, 5.74) is 0. The lowest BCUT2D eigenvalue weighted by Crippen LogP contribution is -2.40. The molecule has 1 aliphatic carbocycles. The van der Waals surface area contributed by atoms with Crippen molar-refractivity contribution in [3.8, 4) is 0 Å². The maximum Gasteiger partial charge on any atom is 0.191 e. The maximum atomic E-state index is 11.3. The molecule has 1 aliphatic rings. The minimum Gasteiger partial charge on any atom is -0.381 e. The predicted molar refractivity (Wildman–Crippen MR) is 81.9 cm³/mol. The van der Waals surface area contributed by atoms with Crippen molar-refractivity contribution in [1.29, 1.82) is 0 Å². The highest BCUT2D eigenvalue weighted by molar-refractivity contribution is 7.91. The normalized spacial score (nSPS) is 16.2. The third kappa shape index (κ3) is 8.37. The molecule has 6 nitrogen and oxygen atoms in total. The highest BCUT2D eigenvalue weighted by Crippen LogP contribution is 2.28. The lowest BCUT2D eigenvalue weighted by atomic mass is 10.4. The van der Waals surface area contributed by atoms with E-state index in [1.807, 2.05) is 0 Å². The molecule has 2 N–H and O–H groups in total. The molecular weight excluding hydrogens is 278 g/mol. The zero-order valence-electron chi connectivity index (χ0n) is 12.5. The van der Waals surface area contributed by atoms with Gasteiger partial charge in [-0.1, -0.05) is 6.92 Å². The Kier molecular flexibility index (Phi) is 7.91. The van der Waals surface area contributed by atoms with Crippen LogP contribution in [0.5, 0.6) is 0 Å². The third-order valence-corrected chi connectivity index (χ3v) is 4.88. The van der Waals surface area contributed by atoms with Crippen molar-refractivity contribution in [2.45, 2.75) is 26.2 Å². The molecule has 0 radical (unpaired) electrons. The van der Waals surface area contributed by atoms with Crippen molar-refractivity contribution in [1.82, 2.24) is 10.6 Å². The Bertz CT molecular complexity index is 392. The van der Waals surface area contributed by atoms with Crippen LogP contribution in [0, 0.1) is 5.92 Å². The number of ether oxygens (including phenoxy) is 1. The first-order chi connectivity index (χ1) is 9.57. The quantitative estimate of drug-likeness (QED) is 0.347. The summed E-state index contributed by atoms with van der Waals surface area (Å²) in [6.07, 6.45) is 3.55. The molecule has 7 heteroatoms. The zero-order valence-corrected chi connectivity index (χ0v) is 13.3. The Morgan fingerprint density at radius 2 is 2.00 bits per heavy atom. The van der Waals surface area contributed by atoms with Crippen LogP contribution in [0.4, 0.5) is 0 Å². The van der Waals surface area contributed by atoms with E-state index in [9.17, 15) is 8.42 Å². The molecule has 1 rings (SSSR count). The minimum absolute atomic E-state index is 0.134. The van der Waals surface area contributed by atoms with Gasteiger partial charge in [-0.3, -0.25) is 4.99 Å². The van der Waals surface area contributed by atoms with Crippen molar-refractivity contribution >= 4 is 15.8 Å².